The molecule has 0 radical (unpaired) electrons. The molecule has 0 saturated heterocycles. The van der Waals surface area contributed by atoms with E-state index >= 15 is 0 Å². The molecule has 0 fully saturated rings. The molecule has 2 aliphatic heterocycles. The Kier molecular flexibility index (Phi) is 11.3. The first kappa shape index (κ1) is 37.1. The number of hydrogen-bond donors (Lipinski definition) is 2. The number of carboxylic acid groups (broad SMARTS) is 1. The Balaban J connectivity index is 0.977. The molecule has 7 rings (SSSR count). The second-order valence-corrected chi connectivity index (χ2v) is 14.7. The van der Waals surface area contributed by atoms with E-state index in [0.717, 1.165) is 38.9 Å². The molecule has 2 unspecified atom stereocenters. The summed E-state index contributed by atoms with van der Waals surface area (Å²) in [5.74, 6) is 0.486. The number of nitrogens with zero attached hydrogens (tertiary/aromatic N) is 2. The number of carboxylic acids is 1. The molecule has 1 amide bonds. The van der Waals surface area contributed by atoms with Crippen LogP contribution in [0.5, 0.6) is 17.2 Å². The number of rotatable bonds is 11. The minimum absolute atomic E-state index is 0.131. The molecule has 5 aromatic rings. The molecular formula is C42H35Cl2N3O6S. The third-order valence-electron chi connectivity index (χ3n) is 9.55. The first-order valence-corrected chi connectivity index (χ1v) is 19.2. The minimum Gasteiger partial charge on any atom is -0.489 e. The number of carbonyl (C=O) groups is 2. The molecule has 0 bridgehead atoms. The molecule has 0 saturated carbocycles. The normalized spacial score (nSPS) is 16.8. The van der Waals surface area contributed by atoms with Gasteiger partial charge in [0.15, 0.2) is 17.6 Å². The van der Waals surface area contributed by atoms with Crippen LogP contribution in [-0.2, 0) is 35.6 Å². The van der Waals surface area contributed by atoms with Gasteiger partial charge in [-0.05, 0) is 100 Å². The van der Waals surface area contributed by atoms with Crippen LogP contribution in [0.25, 0.3) is 11.1 Å². The van der Waals surface area contributed by atoms with E-state index in [4.69, 9.17) is 42.7 Å². The van der Waals surface area contributed by atoms with E-state index in [0.29, 0.717) is 59.0 Å². The van der Waals surface area contributed by atoms with Gasteiger partial charge in [0.2, 0.25) is 5.91 Å². The summed E-state index contributed by atoms with van der Waals surface area (Å²) in [4.78, 5) is 26.0. The lowest BCUT2D eigenvalue weighted by atomic mass is 9.94. The number of hydrogen-bond acceptors (Lipinski definition) is 8. The van der Waals surface area contributed by atoms with E-state index in [9.17, 15) is 14.7 Å². The minimum atomic E-state index is -1.11. The van der Waals surface area contributed by atoms with Crippen molar-refractivity contribution in [2.24, 2.45) is 0 Å². The van der Waals surface area contributed by atoms with Gasteiger partial charge in [0.1, 0.15) is 31.0 Å². The van der Waals surface area contributed by atoms with Gasteiger partial charge in [0, 0.05) is 13.0 Å². The zero-order chi connectivity index (χ0) is 37.8. The molecule has 12 heteroatoms. The number of amides is 1. The highest BCUT2D eigenvalue weighted by Gasteiger charge is 2.35. The van der Waals surface area contributed by atoms with Crippen LogP contribution in [0.2, 0.25) is 10.0 Å². The highest BCUT2D eigenvalue weighted by Crippen LogP contribution is 2.41. The van der Waals surface area contributed by atoms with Gasteiger partial charge in [0.05, 0.1) is 21.7 Å². The van der Waals surface area contributed by atoms with E-state index in [-0.39, 0.29) is 18.4 Å². The second kappa shape index (κ2) is 16.5. The van der Waals surface area contributed by atoms with Gasteiger partial charge < -0.3 is 24.6 Å². The van der Waals surface area contributed by atoms with Gasteiger partial charge in [0.25, 0.3) is 0 Å². The van der Waals surface area contributed by atoms with Crippen LogP contribution in [0.1, 0.15) is 39.5 Å². The van der Waals surface area contributed by atoms with Crippen molar-refractivity contribution in [1.82, 2.24) is 9.62 Å². The lowest BCUT2D eigenvalue weighted by Gasteiger charge is -2.36. The van der Waals surface area contributed by atoms with E-state index < -0.39 is 18.1 Å². The summed E-state index contributed by atoms with van der Waals surface area (Å²) in [7, 11) is 0. The Labute approximate surface area is 327 Å². The Morgan fingerprint density at radius 1 is 0.926 bits per heavy atom. The SMILES string of the molecule is CSN1Cc2cc3c(cc2CC1C(=O)N[C@@H](Cc1ccc(-c2ccc(C#N)cc2)cc1)C(=O)O)OCC(c1ccc(OCc2ccc(Cl)c(Cl)c2)cc1)O3. The lowest BCUT2D eigenvalue weighted by Crippen LogP contribution is -2.52. The number of nitriles is 1. The highest BCUT2D eigenvalue weighted by atomic mass is 35.5. The number of aliphatic carboxylic acids is 1. The van der Waals surface area contributed by atoms with Gasteiger partial charge in [-0.2, -0.15) is 5.26 Å². The standard InChI is InChI=1S/C42H35Cl2N3O6S/c1-54-47-22-32-20-39-38(52-24-40(53-39)30-11-13-33(14-12-30)51-23-27-6-15-34(43)35(44)16-27)19-31(32)18-37(47)41(48)46-36(42(49)50)17-25-2-7-28(8-3-25)29-9-4-26(21-45)5-10-29/h2-16,19-20,36-37,40H,17-18,22-24H2,1H3,(H,46,48)(H,49,50)/t36-,37?,40?/m0/s1. The average molecular weight is 781 g/mol. The van der Waals surface area contributed by atoms with E-state index in [2.05, 4.69) is 11.4 Å². The lowest BCUT2D eigenvalue weighted by molar-refractivity contribution is -0.142. The largest absolute Gasteiger partial charge is 0.489 e. The quantitative estimate of drug-likeness (QED) is 0.127. The molecular weight excluding hydrogens is 745 g/mol. The topological polar surface area (TPSA) is 121 Å². The summed E-state index contributed by atoms with van der Waals surface area (Å²) in [6.45, 7) is 1.13. The smallest absolute Gasteiger partial charge is 0.326 e. The van der Waals surface area contributed by atoms with Crippen LogP contribution >= 0.6 is 35.1 Å². The van der Waals surface area contributed by atoms with Crippen molar-refractivity contribution in [3.63, 3.8) is 0 Å². The molecule has 2 heterocycles. The predicted molar refractivity (Wildman–Crippen MR) is 209 cm³/mol. The monoisotopic (exact) mass is 779 g/mol. The van der Waals surface area contributed by atoms with Crippen molar-refractivity contribution in [3.05, 3.63) is 147 Å². The molecule has 0 aromatic heterocycles. The van der Waals surface area contributed by atoms with Gasteiger partial charge in [-0.15, -0.1) is 0 Å². The number of ether oxygens (including phenoxy) is 3. The molecule has 0 spiro atoms. The molecule has 54 heavy (non-hydrogen) atoms. The third kappa shape index (κ3) is 8.46. The summed E-state index contributed by atoms with van der Waals surface area (Å²) in [6.07, 6.45) is 2.10. The van der Waals surface area contributed by atoms with Crippen molar-refractivity contribution >= 4 is 47.0 Å². The summed E-state index contributed by atoms with van der Waals surface area (Å²) < 4.78 is 20.5. The fraction of sp³-hybridized carbons (Fsp3) is 0.214. The van der Waals surface area contributed by atoms with Crippen molar-refractivity contribution in [3.8, 4) is 34.4 Å². The molecule has 3 atom stereocenters. The summed E-state index contributed by atoms with van der Waals surface area (Å²) >= 11 is 13.6. The van der Waals surface area contributed by atoms with E-state index in [1.54, 1.807) is 24.3 Å². The van der Waals surface area contributed by atoms with E-state index in [1.165, 1.54) is 11.9 Å². The number of benzene rings is 5. The maximum absolute atomic E-state index is 13.7. The van der Waals surface area contributed by atoms with Gasteiger partial charge in [-0.3, -0.25) is 4.79 Å². The maximum Gasteiger partial charge on any atom is 0.326 e. The van der Waals surface area contributed by atoms with E-state index in [1.807, 2.05) is 89.4 Å². The molecule has 0 aliphatic carbocycles. The molecule has 9 nitrogen and oxygen atoms in total. The number of fused-ring (bicyclic) bond motifs is 2. The summed E-state index contributed by atoms with van der Waals surface area (Å²) in [5, 5.41) is 22.9. The van der Waals surface area contributed by atoms with Crippen LogP contribution < -0.4 is 19.5 Å². The highest BCUT2D eigenvalue weighted by molar-refractivity contribution is 7.96. The molecule has 2 aliphatic rings. The van der Waals surface area contributed by atoms with Gasteiger partial charge >= 0.3 is 5.97 Å². The summed E-state index contributed by atoms with van der Waals surface area (Å²) in [5.41, 5.74) is 7.07. The van der Waals surface area contributed by atoms with Crippen LogP contribution in [0.15, 0.2) is 103 Å². The number of halogens is 2. The Hall–Kier alpha value is -5.18. The van der Waals surface area contributed by atoms with Crippen molar-refractivity contribution < 1.29 is 28.9 Å². The average Bonchev–Trinajstić information content (AvgIpc) is 3.20. The van der Waals surface area contributed by atoms with Crippen LogP contribution in [0.4, 0.5) is 0 Å². The zero-order valence-corrected chi connectivity index (χ0v) is 31.5. The molecule has 274 valence electrons. The van der Waals surface area contributed by atoms with Crippen LogP contribution in [0, 0.1) is 11.3 Å². The Morgan fingerprint density at radius 2 is 1.61 bits per heavy atom. The Morgan fingerprint density at radius 3 is 2.28 bits per heavy atom. The predicted octanol–water partition coefficient (Wildman–Crippen LogP) is 8.44. The molecule has 5 aromatic carbocycles. The second-order valence-electron chi connectivity index (χ2n) is 13.1. The zero-order valence-electron chi connectivity index (χ0n) is 29.1. The van der Waals surface area contributed by atoms with Gasteiger partial charge in [-0.25, -0.2) is 9.10 Å². The Bertz CT molecular complexity index is 2210. The van der Waals surface area contributed by atoms with Crippen LogP contribution in [0.3, 0.4) is 0 Å². The van der Waals surface area contributed by atoms with Crippen molar-refractivity contribution in [2.75, 3.05) is 12.9 Å². The fourth-order valence-electron chi connectivity index (χ4n) is 6.56. The summed E-state index contributed by atoms with van der Waals surface area (Å²) in [6, 6.07) is 32.2. The third-order valence-corrected chi connectivity index (χ3v) is 11.1. The maximum atomic E-state index is 13.7. The number of carbonyl (C=O) groups excluding carboxylic acids is 1. The van der Waals surface area contributed by atoms with Crippen LogP contribution in [-0.4, -0.2) is 46.2 Å². The fourth-order valence-corrected chi connectivity index (χ4v) is 7.57. The first-order chi connectivity index (χ1) is 26.2. The first-order valence-electron chi connectivity index (χ1n) is 17.2. The molecule has 2 N–H and O–H groups in total. The van der Waals surface area contributed by atoms with Crippen molar-refractivity contribution in [2.45, 2.75) is 44.2 Å². The van der Waals surface area contributed by atoms with Gasteiger partial charge in [-0.1, -0.05) is 89.7 Å². The number of nitrogens with one attached hydrogen (secondary N) is 1. The van der Waals surface area contributed by atoms with Crippen molar-refractivity contribution in [1.29, 1.82) is 5.26 Å².